The molecule has 0 aliphatic carbocycles. The summed E-state index contributed by atoms with van der Waals surface area (Å²) >= 11 is 0. The zero-order valence-electron chi connectivity index (χ0n) is 13.7. The largest absolute Gasteiger partial charge is 0.407 e. The maximum Gasteiger partial charge on any atom is 0.193 e. The fourth-order valence-corrected chi connectivity index (χ4v) is 2.78. The highest BCUT2D eigenvalue weighted by Gasteiger charge is 2.39. The summed E-state index contributed by atoms with van der Waals surface area (Å²) in [6.45, 7) is 18.3. The Morgan fingerprint density at radius 3 is 2.21 bits per heavy atom. The van der Waals surface area contributed by atoms with Gasteiger partial charge in [0.2, 0.25) is 0 Å². The number of rotatable bonds is 7. The minimum atomic E-state index is -1.89. The average Bonchev–Trinajstić information content (AvgIpc) is 2.22. The molecular formula is C16H30O2Si. The third-order valence-corrected chi connectivity index (χ3v) is 8.33. The van der Waals surface area contributed by atoms with Gasteiger partial charge >= 0.3 is 0 Å². The van der Waals surface area contributed by atoms with Gasteiger partial charge in [0.05, 0.1) is 0 Å². The predicted octanol–water partition coefficient (Wildman–Crippen LogP) is 4.88. The van der Waals surface area contributed by atoms with Crippen molar-refractivity contribution < 1.29 is 9.22 Å². The van der Waals surface area contributed by atoms with E-state index in [9.17, 15) is 4.79 Å². The second kappa shape index (κ2) is 7.20. The van der Waals surface area contributed by atoms with Gasteiger partial charge in [-0.25, -0.2) is 0 Å². The lowest BCUT2D eigenvalue weighted by atomic mass is 10.1. The summed E-state index contributed by atoms with van der Waals surface area (Å²) in [5.74, 6) is 0.118. The average molecular weight is 282 g/mol. The van der Waals surface area contributed by atoms with Gasteiger partial charge < -0.3 is 4.43 Å². The molecule has 19 heavy (non-hydrogen) atoms. The molecule has 0 bridgehead atoms. The molecule has 0 saturated carbocycles. The highest BCUT2D eigenvalue weighted by atomic mass is 28.4. The Labute approximate surface area is 120 Å². The third kappa shape index (κ3) is 6.35. The lowest BCUT2D eigenvalue weighted by Crippen LogP contribution is -2.45. The lowest BCUT2D eigenvalue weighted by molar-refractivity contribution is -0.124. The second-order valence-electron chi connectivity index (χ2n) is 6.76. The van der Waals surface area contributed by atoms with Crippen LogP contribution in [0.4, 0.5) is 0 Å². The van der Waals surface area contributed by atoms with Gasteiger partial charge in [-0.3, -0.25) is 4.79 Å². The number of carbonyl (C=O) groups excluding carboxylic acids is 1. The molecule has 0 aromatic heterocycles. The highest BCUT2D eigenvalue weighted by Crippen LogP contribution is 2.37. The molecular weight excluding hydrogens is 252 g/mol. The predicted molar refractivity (Wildman–Crippen MR) is 85.9 cm³/mol. The summed E-state index contributed by atoms with van der Waals surface area (Å²) in [7, 11) is -1.89. The van der Waals surface area contributed by atoms with Gasteiger partial charge in [-0.15, -0.1) is 6.58 Å². The van der Waals surface area contributed by atoms with Crippen LogP contribution in [0.2, 0.25) is 18.1 Å². The Morgan fingerprint density at radius 1 is 1.32 bits per heavy atom. The molecule has 0 fully saturated rings. The first-order chi connectivity index (χ1) is 8.51. The van der Waals surface area contributed by atoms with Crippen LogP contribution in [0.25, 0.3) is 0 Å². The first kappa shape index (κ1) is 18.3. The number of Topliss-reactive ketones (excluding diaryl/α,β-unsaturated/α-hetero) is 1. The maximum absolute atomic E-state index is 11.8. The van der Waals surface area contributed by atoms with E-state index >= 15 is 0 Å². The number of allylic oxidation sites excluding steroid dienone is 2. The summed E-state index contributed by atoms with van der Waals surface area (Å²) < 4.78 is 6.21. The molecule has 0 N–H and O–H groups in total. The van der Waals surface area contributed by atoms with Crippen LogP contribution in [0.15, 0.2) is 24.3 Å². The molecule has 2 nitrogen and oxygen atoms in total. The van der Waals surface area contributed by atoms with E-state index in [2.05, 4.69) is 53.4 Å². The fourth-order valence-electron chi connectivity index (χ4n) is 1.45. The van der Waals surface area contributed by atoms with E-state index < -0.39 is 8.32 Å². The lowest BCUT2D eigenvalue weighted by Gasteiger charge is -2.38. The molecule has 0 aliphatic heterocycles. The van der Waals surface area contributed by atoms with Crippen molar-refractivity contribution in [2.75, 3.05) is 0 Å². The van der Waals surface area contributed by atoms with Crippen molar-refractivity contribution in [1.82, 2.24) is 0 Å². The van der Waals surface area contributed by atoms with E-state index in [-0.39, 0.29) is 16.9 Å². The number of ketones is 1. The summed E-state index contributed by atoms with van der Waals surface area (Å²) in [6.07, 6.45) is 5.21. The minimum Gasteiger partial charge on any atom is -0.407 e. The molecule has 0 unspecified atom stereocenters. The molecule has 0 spiro atoms. The SMILES string of the molecule is C=CCC(C)=CC[C@H](O[Si](C)(C)C(C)(C)C)C(C)=O. The zero-order valence-corrected chi connectivity index (χ0v) is 14.7. The van der Waals surface area contributed by atoms with E-state index in [0.717, 1.165) is 6.42 Å². The molecule has 3 heteroatoms. The van der Waals surface area contributed by atoms with E-state index in [1.165, 1.54) is 5.57 Å². The Bertz CT molecular complexity index is 348. The van der Waals surface area contributed by atoms with Gasteiger partial charge in [0.25, 0.3) is 0 Å². The summed E-state index contributed by atoms with van der Waals surface area (Å²) in [5, 5.41) is 0.126. The molecule has 0 saturated heterocycles. The monoisotopic (exact) mass is 282 g/mol. The molecule has 0 amide bonds. The number of carbonyl (C=O) groups is 1. The van der Waals surface area contributed by atoms with E-state index in [0.29, 0.717) is 6.42 Å². The Morgan fingerprint density at radius 2 is 1.84 bits per heavy atom. The molecule has 110 valence electrons. The summed E-state index contributed by atoms with van der Waals surface area (Å²) in [5.41, 5.74) is 1.24. The Kier molecular flexibility index (Phi) is 6.95. The smallest absolute Gasteiger partial charge is 0.193 e. The molecule has 0 heterocycles. The third-order valence-electron chi connectivity index (χ3n) is 3.84. The van der Waals surface area contributed by atoms with Crippen LogP contribution in [0.5, 0.6) is 0 Å². The number of hydrogen-bond acceptors (Lipinski definition) is 2. The van der Waals surface area contributed by atoms with E-state index in [1.807, 2.05) is 6.08 Å². The topological polar surface area (TPSA) is 26.3 Å². The van der Waals surface area contributed by atoms with Crippen molar-refractivity contribution in [2.45, 2.75) is 71.7 Å². The van der Waals surface area contributed by atoms with Crippen molar-refractivity contribution in [3.8, 4) is 0 Å². The van der Waals surface area contributed by atoms with Crippen LogP contribution in [0.1, 0.15) is 47.5 Å². The quantitative estimate of drug-likeness (QED) is 0.491. The van der Waals surface area contributed by atoms with E-state index in [4.69, 9.17) is 4.43 Å². The molecule has 0 rings (SSSR count). The zero-order chi connectivity index (χ0) is 15.3. The van der Waals surface area contributed by atoms with E-state index in [1.54, 1.807) is 6.92 Å². The van der Waals surface area contributed by atoms with Crippen molar-refractivity contribution in [3.05, 3.63) is 24.3 Å². The minimum absolute atomic E-state index is 0.118. The standard InChI is InChI=1S/C16H30O2Si/c1-9-10-13(2)11-12-15(14(3)17)18-19(7,8)16(4,5)6/h9,11,15H,1,10,12H2,2-8H3/t15-/m0/s1. The molecule has 0 aliphatic rings. The molecule has 1 atom stereocenters. The Hall–Kier alpha value is -0.673. The van der Waals surface area contributed by atoms with Crippen molar-refractivity contribution >= 4 is 14.1 Å². The van der Waals surface area contributed by atoms with Crippen LogP contribution in [0, 0.1) is 0 Å². The van der Waals surface area contributed by atoms with Crippen molar-refractivity contribution in [3.63, 3.8) is 0 Å². The van der Waals surface area contributed by atoms with Crippen molar-refractivity contribution in [1.29, 1.82) is 0 Å². The van der Waals surface area contributed by atoms with Gasteiger partial charge in [-0.2, -0.15) is 0 Å². The maximum atomic E-state index is 11.8. The normalized spacial score (nSPS) is 15.2. The van der Waals surface area contributed by atoms with Crippen LogP contribution >= 0.6 is 0 Å². The van der Waals surface area contributed by atoms with Crippen LogP contribution in [0.3, 0.4) is 0 Å². The molecule has 0 aromatic carbocycles. The number of hydrogen-bond donors (Lipinski definition) is 0. The highest BCUT2D eigenvalue weighted by molar-refractivity contribution is 6.74. The van der Waals surface area contributed by atoms with Crippen LogP contribution < -0.4 is 0 Å². The summed E-state index contributed by atoms with van der Waals surface area (Å²) in [6, 6.07) is 0. The molecule has 0 aromatic rings. The van der Waals surface area contributed by atoms with Gasteiger partial charge in [0, 0.05) is 0 Å². The van der Waals surface area contributed by atoms with Crippen LogP contribution in [-0.2, 0) is 9.22 Å². The van der Waals surface area contributed by atoms with Crippen molar-refractivity contribution in [2.24, 2.45) is 0 Å². The summed E-state index contributed by atoms with van der Waals surface area (Å²) in [4.78, 5) is 11.8. The first-order valence-corrected chi connectivity index (χ1v) is 9.87. The van der Waals surface area contributed by atoms with Gasteiger partial charge in [0.1, 0.15) is 6.10 Å². The first-order valence-electron chi connectivity index (χ1n) is 6.96. The van der Waals surface area contributed by atoms with Gasteiger partial charge in [-0.1, -0.05) is 38.5 Å². The molecule has 0 radical (unpaired) electrons. The fraction of sp³-hybridized carbons (Fsp3) is 0.688. The van der Waals surface area contributed by atoms with Gasteiger partial charge in [-0.05, 0) is 44.8 Å². The van der Waals surface area contributed by atoms with Crippen LogP contribution in [-0.4, -0.2) is 20.2 Å². The van der Waals surface area contributed by atoms with Gasteiger partial charge in [0.15, 0.2) is 14.1 Å². The Balaban J connectivity index is 4.82. The second-order valence-corrected chi connectivity index (χ2v) is 11.5.